The number of aliphatic hydroxyl groups excluding tert-OH is 1. The first-order valence-electron chi connectivity index (χ1n) is 7.13. The van der Waals surface area contributed by atoms with Gasteiger partial charge in [0.1, 0.15) is 12.7 Å². The fraction of sp³-hybridized carbons (Fsp3) is 0.600. The Hall–Kier alpha value is -1.17. The van der Waals surface area contributed by atoms with E-state index >= 15 is 0 Å². The number of benzene rings is 1. The maximum absolute atomic E-state index is 13.3. The smallest absolute Gasteiger partial charge is 0.165 e. The number of nitrogens with one attached hydrogen (secondary N) is 1. The van der Waals surface area contributed by atoms with Crippen LogP contribution in [0.1, 0.15) is 19.3 Å². The highest BCUT2D eigenvalue weighted by Gasteiger charge is 2.14. The van der Waals surface area contributed by atoms with Gasteiger partial charge in [0, 0.05) is 13.2 Å². The van der Waals surface area contributed by atoms with Gasteiger partial charge in [0.05, 0.1) is 6.10 Å². The third-order valence-corrected chi connectivity index (χ3v) is 3.31. The van der Waals surface area contributed by atoms with Crippen molar-refractivity contribution in [3.8, 4) is 5.75 Å². The molecule has 0 spiro atoms. The van der Waals surface area contributed by atoms with E-state index in [0.717, 1.165) is 32.4 Å². The molecule has 0 aliphatic carbocycles. The third-order valence-electron chi connectivity index (χ3n) is 3.31. The molecule has 0 radical (unpaired) electrons. The predicted octanol–water partition coefficient (Wildman–Crippen LogP) is 1.72. The second-order valence-electron chi connectivity index (χ2n) is 5.02. The van der Waals surface area contributed by atoms with Crippen molar-refractivity contribution >= 4 is 0 Å². The SMILES string of the molecule is OC(CNCCC1CCCO1)COc1ccccc1F. The van der Waals surface area contributed by atoms with Gasteiger partial charge in [0.15, 0.2) is 11.6 Å². The third kappa shape index (κ3) is 5.07. The van der Waals surface area contributed by atoms with Crippen molar-refractivity contribution in [1.82, 2.24) is 5.32 Å². The van der Waals surface area contributed by atoms with Crippen LogP contribution in [-0.2, 0) is 4.74 Å². The number of hydrogen-bond acceptors (Lipinski definition) is 4. The Kier molecular flexibility index (Phi) is 6.24. The summed E-state index contributed by atoms with van der Waals surface area (Å²) in [6.45, 7) is 2.18. The molecule has 4 nitrogen and oxygen atoms in total. The summed E-state index contributed by atoms with van der Waals surface area (Å²) in [6, 6.07) is 6.18. The summed E-state index contributed by atoms with van der Waals surface area (Å²) in [6.07, 6.45) is 2.93. The molecule has 1 saturated heterocycles. The Labute approximate surface area is 118 Å². The molecule has 1 aromatic rings. The minimum atomic E-state index is -0.654. The summed E-state index contributed by atoms with van der Waals surface area (Å²) in [4.78, 5) is 0. The van der Waals surface area contributed by atoms with Gasteiger partial charge in [-0.05, 0) is 37.9 Å². The molecular weight excluding hydrogens is 261 g/mol. The molecule has 20 heavy (non-hydrogen) atoms. The van der Waals surface area contributed by atoms with Gasteiger partial charge < -0.3 is 19.9 Å². The highest BCUT2D eigenvalue weighted by molar-refractivity contribution is 5.23. The van der Waals surface area contributed by atoms with Gasteiger partial charge in [-0.2, -0.15) is 0 Å². The zero-order valence-corrected chi connectivity index (χ0v) is 11.6. The van der Waals surface area contributed by atoms with E-state index in [0.29, 0.717) is 12.6 Å². The van der Waals surface area contributed by atoms with Gasteiger partial charge >= 0.3 is 0 Å². The summed E-state index contributed by atoms with van der Waals surface area (Å²) < 4.78 is 24.0. The molecule has 1 aliphatic rings. The monoisotopic (exact) mass is 283 g/mol. The molecule has 0 amide bonds. The van der Waals surface area contributed by atoms with Gasteiger partial charge in [-0.1, -0.05) is 12.1 Å². The van der Waals surface area contributed by atoms with Crippen molar-refractivity contribution < 1.29 is 19.0 Å². The summed E-state index contributed by atoms with van der Waals surface area (Å²) in [5.74, 6) is -0.239. The van der Waals surface area contributed by atoms with Crippen LogP contribution >= 0.6 is 0 Å². The average Bonchev–Trinajstić information content (AvgIpc) is 2.96. The first-order valence-corrected chi connectivity index (χ1v) is 7.13. The number of halogens is 1. The summed E-state index contributed by atoms with van der Waals surface area (Å²) in [7, 11) is 0. The van der Waals surface area contributed by atoms with Crippen LogP contribution in [0.4, 0.5) is 4.39 Å². The topological polar surface area (TPSA) is 50.7 Å². The highest BCUT2D eigenvalue weighted by atomic mass is 19.1. The van der Waals surface area contributed by atoms with Gasteiger partial charge in [0.2, 0.25) is 0 Å². The number of aliphatic hydroxyl groups is 1. The maximum Gasteiger partial charge on any atom is 0.165 e. The maximum atomic E-state index is 13.3. The molecule has 112 valence electrons. The Morgan fingerprint density at radius 1 is 1.45 bits per heavy atom. The average molecular weight is 283 g/mol. The lowest BCUT2D eigenvalue weighted by atomic mass is 10.2. The minimum Gasteiger partial charge on any atom is -0.488 e. The minimum absolute atomic E-state index is 0.0772. The zero-order valence-electron chi connectivity index (χ0n) is 11.6. The van der Waals surface area contributed by atoms with E-state index in [-0.39, 0.29) is 12.4 Å². The quantitative estimate of drug-likeness (QED) is 0.713. The van der Waals surface area contributed by atoms with E-state index in [1.165, 1.54) is 6.07 Å². The molecule has 0 bridgehead atoms. The van der Waals surface area contributed by atoms with Crippen LogP contribution in [-0.4, -0.2) is 43.6 Å². The van der Waals surface area contributed by atoms with Crippen LogP contribution in [0.3, 0.4) is 0 Å². The summed E-state index contributed by atoms with van der Waals surface area (Å²) >= 11 is 0. The molecule has 1 heterocycles. The lowest BCUT2D eigenvalue weighted by Gasteiger charge is -2.14. The molecule has 2 N–H and O–H groups in total. The number of ether oxygens (including phenoxy) is 2. The van der Waals surface area contributed by atoms with Crippen LogP contribution in [0.25, 0.3) is 0 Å². The number of rotatable bonds is 8. The first-order chi connectivity index (χ1) is 9.75. The van der Waals surface area contributed by atoms with Crippen LogP contribution < -0.4 is 10.1 Å². The largest absolute Gasteiger partial charge is 0.488 e. The number of para-hydroxylation sites is 1. The lowest BCUT2D eigenvalue weighted by molar-refractivity contribution is 0.0932. The molecule has 1 fully saturated rings. The van der Waals surface area contributed by atoms with Crippen LogP contribution in [0.15, 0.2) is 24.3 Å². The van der Waals surface area contributed by atoms with E-state index in [1.807, 2.05) is 0 Å². The molecule has 0 aromatic heterocycles. The van der Waals surface area contributed by atoms with Crippen LogP contribution in [0, 0.1) is 5.82 Å². The summed E-state index contributed by atoms with van der Waals surface area (Å²) in [5, 5.41) is 12.9. The molecule has 0 saturated carbocycles. The van der Waals surface area contributed by atoms with Crippen molar-refractivity contribution in [3.63, 3.8) is 0 Å². The summed E-state index contributed by atoms with van der Waals surface area (Å²) in [5.41, 5.74) is 0. The molecule has 1 aliphatic heterocycles. The Morgan fingerprint density at radius 2 is 2.30 bits per heavy atom. The van der Waals surface area contributed by atoms with Crippen molar-refractivity contribution in [2.75, 3.05) is 26.3 Å². The van der Waals surface area contributed by atoms with E-state index in [1.54, 1.807) is 18.2 Å². The van der Waals surface area contributed by atoms with E-state index in [9.17, 15) is 9.50 Å². The molecular formula is C15H22FNO3. The first kappa shape index (κ1) is 15.2. The standard InChI is InChI=1S/C15H22FNO3/c16-14-5-1-2-6-15(14)20-11-12(18)10-17-8-7-13-4-3-9-19-13/h1-2,5-6,12-13,17-18H,3-4,7-11H2. The van der Waals surface area contributed by atoms with Crippen molar-refractivity contribution in [2.45, 2.75) is 31.5 Å². The van der Waals surface area contributed by atoms with Gasteiger partial charge in [-0.3, -0.25) is 0 Å². The Morgan fingerprint density at radius 3 is 3.05 bits per heavy atom. The van der Waals surface area contributed by atoms with E-state index < -0.39 is 11.9 Å². The predicted molar refractivity (Wildman–Crippen MR) is 74.4 cm³/mol. The molecule has 5 heteroatoms. The van der Waals surface area contributed by atoms with E-state index in [4.69, 9.17) is 9.47 Å². The van der Waals surface area contributed by atoms with Crippen LogP contribution in [0.5, 0.6) is 5.75 Å². The van der Waals surface area contributed by atoms with Crippen molar-refractivity contribution in [3.05, 3.63) is 30.1 Å². The van der Waals surface area contributed by atoms with Crippen LogP contribution in [0.2, 0.25) is 0 Å². The van der Waals surface area contributed by atoms with Gasteiger partial charge in [-0.25, -0.2) is 4.39 Å². The van der Waals surface area contributed by atoms with Gasteiger partial charge in [0.25, 0.3) is 0 Å². The van der Waals surface area contributed by atoms with E-state index in [2.05, 4.69) is 5.32 Å². The van der Waals surface area contributed by atoms with Crippen molar-refractivity contribution in [2.24, 2.45) is 0 Å². The molecule has 1 aromatic carbocycles. The molecule has 2 rings (SSSR count). The van der Waals surface area contributed by atoms with Crippen molar-refractivity contribution in [1.29, 1.82) is 0 Å². The highest BCUT2D eigenvalue weighted by Crippen LogP contribution is 2.15. The number of hydrogen-bond donors (Lipinski definition) is 2. The fourth-order valence-electron chi connectivity index (χ4n) is 2.21. The molecule has 2 atom stereocenters. The second kappa shape index (κ2) is 8.19. The fourth-order valence-corrected chi connectivity index (χ4v) is 2.21. The molecule has 2 unspecified atom stereocenters. The second-order valence-corrected chi connectivity index (χ2v) is 5.02. The normalized spacial score (nSPS) is 20.0. The lowest BCUT2D eigenvalue weighted by Crippen LogP contribution is -2.33. The zero-order chi connectivity index (χ0) is 14.2. The Bertz CT molecular complexity index is 396. The Balaban J connectivity index is 1.56. The van der Waals surface area contributed by atoms with Gasteiger partial charge in [-0.15, -0.1) is 0 Å².